The highest BCUT2D eigenvalue weighted by molar-refractivity contribution is 5.99. The molecule has 0 radical (unpaired) electrons. The van der Waals surface area contributed by atoms with Crippen LogP contribution in [0.4, 0.5) is 10.5 Å². The van der Waals surface area contributed by atoms with Crippen molar-refractivity contribution in [2.24, 2.45) is 0 Å². The lowest BCUT2D eigenvalue weighted by atomic mass is 9.85. The fourth-order valence-electron chi connectivity index (χ4n) is 3.00. The molecule has 0 atom stereocenters. The maximum Gasteiger partial charge on any atom is 0.319 e. The monoisotopic (exact) mass is 349 g/mol. The normalized spacial score (nSPS) is 16.0. The number of anilines is 1. The summed E-state index contributed by atoms with van der Waals surface area (Å²) in [6, 6.07) is 4.48. The number of benzene rings is 1. The van der Waals surface area contributed by atoms with Crippen LogP contribution in [0.3, 0.4) is 0 Å². The molecule has 2 rings (SSSR count). The van der Waals surface area contributed by atoms with Crippen molar-refractivity contribution < 1.29 is 19.4 Å². The Balaban J connectivity index is 2.00. The molecule has 0 heterocycles. The zero-order chi connectivity index (χ0) is 18.4. The maximum absolute atomic E-state index is 12.2. The molecule has 0 spiro atoms. The summed E-state index contributed by atoms with van der Waals surface area (Å²) < 4.78 is 5.21. The van der Waals surface area contributed by atoms with Gasteiger partial charge in [0.05, 0.1) is 18.3 Å². The van der Waals surface area contributed by atoms with E-state index in [0.29, 0.717) is 29.8 Å². The van der Waals surface area contributed by atoms with Crippen LogP contribution in [0.1, 0.15) is 42.5 Å². The van der Waals surface area contributed by atoms with Crippen LogP contribution in [0, 0.1) is 0 Å². The quantitative estimate of drug-likeness (QED) is 0.760. The third-order valence-corrected chi connectivity index (χ3v) is 4.46. The summed E-state index contributed by atoms with van der Waals surface area (Å²) in [7, 11) is 4.80. The molecule has 1 fully saturated rings. The van der Waals surface area contributed by atoms with Gasteiger partial charge in [0.2, 0.25) is 0 Å². The third kappa shape index (κ3) is 5.09. The van der Waals surface area contributed by atoms with Gasteiger partial charge in [-0.1, -0.05) is 19.3 Å². The van der Waals surface area contributed by atoms with Gasteiger partial charge in [-0.05, 0) is 31.0 Å². The van der Waals surface area contributed by atoms with Gasteiger partial charge in [0.25, 0.3) is 5.91 Å². The standard InChI is InChI=1S/C18H27N3O4/c1-21(2)16(22)14-11-13(7-8-15(14)25-3)20-17(23)19-12-18(24)9-5-4-6-10-18/h7-8,11,24H,4-6,9-10,12H2,1-3H3,(H2,19,20,23). The number of aliphatic hydroxyl groups is 1. The first-order valence-corrected chi connectivity index (χ1v) is 8.51. The number of ether oxygens (including phenoxy) is 1. The second kappa shape index (κ2) is 8.20. The van der Waals surface area contributed by atoms with Gasteiger partial charge in [-0.3, -0.25) is 4.79 Å². The average molecular weight is 349 g/mol. The van der Waals surface area contributed by atoms with Crippen LogP contribution >= 0.6 is 0 Å². The Morgan fingerprint density at radius 2 is 1.92 bits per heavy atom. The van der Waals surface area contributed by atoms with Crippen molar-refractivity contribution in [3.63, 3.8) is 0 Å². The highest BCUT2D eigenvalue weighted by Gasteiger charge is 2.29. The molecule has 0 aliphatic heterocycles. The summed E-state index contributed by atoms with van der Waals surface area (Å²) in [4.78, 5) is 25.8. The summed E-state index contributed by atoms with van der Waals surface area (Å²) >= 11 is 0. The van der Waals surface area contributed by atoms with E-state index in [1.54, 1.807) is 32.3 Å². The molecule has 3 N–H and O–H groups in total. The van der Waals surface area contributed by atoms with Gasteiger partial charge < -0.3 is 25.4 Å². The molecule has 0 bridgehead atoms. The minimum atomic E-state index is -0.818. The number of nitrogens with zero attached hydrogens (tertiary/aromatic N) is 1. The predicted molar refractivity (Wildman–Crippen MR) is 96.1 cm³/mol. The molecule has 7 heteroatoms. The number of amides is 3. The number of urea groups is 1. The molecule has 0 saturated heterocycles. The van der Waals surface area contributed by atoms with E-state index in [9.17, 15) is 14.7 Å². The molecular weight excluding hydrogens is 322 g/mol. The SMILES string of the molecule is COc1ccc(NC(=O)NCC2(O)CCCCC2)cc1C(=O)N(C)C. The fourth-order valence-corrected chi connectivity index (χ4v) is 3.00. The number of rotatable bonds is 5. The number of carbonyl (C=O) groups excluding carboxylic acids is 2. The van der Waals surface area contributed by atoms with E-state index in [4.69, 9.17) is 4.74 Å². The molecule has 1 aliphatic carbocycles. The summed E-state index contributed by atoms with van der Waals surface area (Å²) in [5.41, 5.74) is 0.0389. The lowest BCUT2D eigenvalue weighted by Crippen LogP contribution is -2.45. The zero-order valence-corrected chi connectivity index (χ0v) is 15.1. The molecule has 1 aromatic carbocycles. The van der Waals surface area contributed by atoms with E-state index < -0.39 is 11.6 Å². The average Bonchev–Trinajstić information content (AvgIpc) is 2.60. The summed E-state index contributed by atoms with van der Waals surface area (Å²) in [5.74, 6) is 0.235. The van der Waals surface area contributed by atoms with Crippen molar-refractivity contribution >= 4 is 17.6 Å². The maximum atomic E-state index is 12.2. The van der Waals surface area contributed by atoms with Crippen LogP contribution < -0.4 is 15.4 Å². The van der Waals surface area contributed by atoms with E-state index in [1.807, 2.05) is 0 Å². The van der Waals surface area contributed by atoms with Gasteiger partial charge in [-0.25, -0.2) is 4.79 Å². The molecule has 138 valence electrons. The number of nitrogens with one attached hydrogen (secondary N) is 2. The Hall–Kier alpha value is -2.28. The Kier molecular flexibility index (Phi) is 6.25. The van der Waals surface area contributed by atoms with Gasteiger partial charge >= 0.3 is 6.03 Å². The van der Waals surface area contributed by atoms with Crippen molar-refractivity contribution in [2.45, 2.75) is 37.7 Å². The van der Waals surface area contributed by atoms with Crippen LogP contribution in [0.25, 0.3) is 0 Å². The number of carbonyl (C=O) groups is 2. The van der Waals surface area contributed by atoms with E-state index >= 15 is 0 Å². The topological polar surface area (TPSA) is 90.9 Å². The zero-order valence-electron chi connectivity index (χ0n) is 15.1. The molecular formula is C18H27N3O4. The van der Waals surface area contributed by atoms with Gasteiger partial charge in [-0.15, -0.1) is 0 Å². The van der Waals surface area contributed by atoms with Crippen LogP contribution in [-0.4, -0.2) is 55.3 Å². The first kappa shape index (κ1) is 19.1. The smallest absolute Gasteiger partial charge is 0.319 e. The molecule has 0 unspecified atom stereocenters. The van der Waals surface area contributed by atoms with Crippen LogP contribution in [-0.2, 0) is 0 Å². The number of hydrogen-bond acceptors (Lipinski definition) is 4. The van der Waals surface area contributed by atoms with E-state index in [0.717, 1.165) is 19.3 Å². The lowest BCUT2D eigenvalue weighted by molar-refractivity contribution is 0.00755. The van der Waals surface area contributed by atoms with Crippen LogP contribution in [0.15, 0.2) is 18.2 Å². The van der Waals surface area contributed by atoms with Gasteiger partial charge in [-0.2, -0.15) is 0 Å². The van der Waals surface area contributed by atoms with E-state index in [-0.39, 0.29) is 12.5 Å². The molecule has 1 aliphatic rings. The molecule has 7 nitrogen and oxygen atoms in total. The Labute approximate surface area is 148 Å². The first-order valence-electron chi connectivity index (χ1n) is 8.51. The van der Waals surface area contributed by atoms with Crippen molar-refractivity contribution in [1.82, 2.24) is 10.2 Å². The van der Waals surface area contributed by atoms with Crippen LogP contribution in [0.5, 0.6) is 5.75 Å². The molecule has 1 aromatic rings. The van der Waals surface area contributed by atoms with Crippen molar-refractivity contribution in [3.05, 3.63) is 23.8 Å². The highest BCUT2D eigenvalue weighted by atomic mass is 16.5. The second-order valence-electron chi connectivity index (χ2n) is 6.71. The molecule has 1 saturated carbocycles. The Bertz CT molecular complexity index is 625. The van der Waals surface area contributed by atoms with Gasteiger partial charge in [0.15, 0.2) is 0 Å². The fraction of sp³-hybridized carbons (Fsp3) is 0.556. The molecule has 0 aromatic heterocycles. The highest BCUT2D eigenvalue weighted by Crippen LogP contribution is 2.27. The lowest BCUT2D eigenvalue weighted by Gasteiger charge is -2.32. The summed E-state index contributed by atoms with van der Waals surface area (Å²) in [5, 5.41) is 15.8. The van der Waals surface area contributed by atoms with Gasteiger partial charge in [0, 0.05) is 26.3 Å². The summed E-state index contributed by atoms with van der Waals surface area (Å²) in [6.07, 6.45) is 4.50. The third-order valence-electron chi connectivity index (χ3n) is 4.46. The number of hydrogen-bond donors (Lipinski definition) is 3. The van der Waals surface area contributed by atoms with Crippen molar-refractivity contribution in [3.8, 4) is 5.75 Å². The van der Waals surface area contributed by atoms with Crippen LogP contribution in [0.2, 0.25) is 0 Å². The van der Waals surface area contributed by atoms with E-state index in [2.05, 4.69) is 10.6 Å². The van der Waals surface area contributed by atoms with Crippen molar-refractivity contribution in [1.29, 1.82) is 0 Å². The minimum absolute atomic E-state index is 0.211. The molecule has 3 amide bonds. The van der Waals surface area contributed by atoms with E-state index in [1.165, 1.54) is 12.0 Å². The second-order valence-corrected chi connectivity index (χ2v) is 6.71. The predicted octanol–water partition coefficient (Wildman–Crippen LogP) is 2.21. The summed E-state index contributed by atoms with van der Waals surface area (Å²) in [6.45, 7) is 0.221. The van der Waals surface area contributed by atoms with Crippen molar-refractivity contribution in [2.75, 3.05) is 33.1 Å². The Morgan fingerprint density at radius 3 is 2.52 bits per heavy atom. The minimum Gasteiger partial charge on any atom is -0.496 e. The first-order chi connectivity index (χ1) is 11.8. The van der Waals surface area contributed by atoms with Gasteiger partial charge in [0.1, 0.15) is 5.75 Å². The largest absolute Gasteiger partial charge is 0.496 e. The Morgan fingerprint density at radius 1 is 1.24 bits per heavy atom. The molecule has 25 heavy (non-hydrogen) atoms. The number of methoxy groups -OCH3 is 1.